The number of benzene rings is 2. The molecule has 0 saturated carbocycles. The highest BCUT2D eigenvalue weighted by atomic mass is 19.1. The molecule has 0 spiro atoms. The van der Waals surface area contributed by atoms with E-state index in [1.165, 1.54) is 30.3 Å². The molecule has 0 bridgehead atoms. The van der Waals surface area contributed by atoms with E-state index in [0.717, 1.165) is 43.9 Å². The number of anilines is 3. The van der Waals surface area contributed by atoms with Crippen LogP contribution >= 0.6 is 0 Å². The average Bonchev–Trinajstić information content (AvgIpc) is 2.88. The van der Waals surface area contributed by atoms with Gasteiger partial charge in [0.15, 0.2) is 17.4 Å². The smallest absolute Gasteiger partial charge is 0.227 e. The summed E-state index contributed by atoms with van der Waals surface area (Å²) >= 11 is 0. The summed E-state index contributed by atoms with van der Waals surface area (Å²) < 4.78 is 35.5. The van der Waals surface area contributed by atoms with Crippen LogP contribution < -0.4 is 15.0 Å². The summed E-state index contributed by atoms with van der Waals surface area (Å²) in [7, 11) is 2.17. The third-order valence-electron chi connectivity index (χ3n) is 7.76. The zero-order valence-electron chi connectivity index (χ0n) is 22.2. The molecule has 38 heavy (non-hydrogen) atoms. The van der Waals surface area contributed by atoms with Crippen LogP contribution in [0.1, 0.15) is 25.0 Å². The highest BCUT2D eigenvalue weighted by molar-refractivity contribution is 5.73. The van der Waals surface area contributed by atoms with Crippen molar-refractivity contribution < 1.29 is 13.5 Å². The van der Waals surface area contributed by atoms with Crippen molar-refractivity contribution in [2.24, 2.45) is 5.92 Å². The van der Waals surface area contributed by atoms with Gasteiger partial charge in [0, 0.05) is 50.0 Å². The standard InChI is InChI=1S/C29H34F2N6O/c1-18(2)37-8-9-38-28-24(30)11-22(12-26(28)37)27-25(31)13-32-29(34-27)33-23-5-4-21-17-36(7-6-20(21)10-23)16-19-14-35(3)15-19/h4-5,10-13,18-19H,6-9,14-17H2,1-3H3,(H,32,33,34). The number of likely N-dealkylation sites (tertiary alicyclic amines) is 1. The van der Waals surface area contributed by atoms with Crippen molar-refractivity contribution in [3.8, 4) is 17.0 Å². The Morgan fingerprint density at radius 1 is 1.08 bits per heavy atom. The Morgan fingerprint density at radius 2 is 1.92 bits per heavy atom. The van der Waals surface area contributed by atoms with Gasteiger partial charge in [-0.2, -0.15) is 0 Å². The predicted octanol–water partition coefficient (Wildman–Crippen LogP) is 4.69. The van der Waals surface area contributed by atoms with Crippen molar-refractivity contribution in [2.45, 2.75) is 32.9 Å². The first-order valence-corrected chi connectivity index (χ1v) is 13.4. The first-order chi connectivity index (χ1) is 18.3. The van der Waals surface area contributed by atoms with E-state index in [9.17, 15) is 8.78 Å². The molecular formula is C29H34F2N6O. The van der Waals surface area contributed by atoms with Crippen LogP contribution in [0, 0.1) is 17.6 Å². The van der Waals surface area contributed by atoms with Gasteiger partial charge in [-0.1, -0.05) is 6.07 Å². The minimum absolute atomic E-state index is 0.0497. The molecule has 0 radical (unpaired) electrons. The van der Waals surface area contributed by atoms with E-state index in [1.54, 1.807) is 6.07 Å². The SMILES string of the molecule is CC(C)N1CCOc2c(F)cc(-c3nc(Nc4ccc5c(c4)CCN(CC4CN(C)C4)C5)ncc3F)cc21. The van der Waals surface area contributed by atoms with Gasteiger partial charge in [-0.3, -0.25) is 4.90 Å². The average molecular weight is 521 g/mol. The minimum Gasteiger partial charge on any atom is -0.486 e. The third kappa shape index (κ3) is 4.92. The van der Waals surface area contributed by atoms with Gasteiger partial charge in [-0.25, -0.2) is 18.7 Å². The van der Waals surface area contributed by atoms with Crippen LogP contribution in [0.5, 0.6) is 5.75 Å². The molecule has 1 aromatic heterocycles. The number of nitrogens with zero attached hydrogens (tertiary/aromatic N) is 5. The fraction of sp³-hybridized carbons (Fsp3) is 0.448. The number of fused-ring (bicyclic) bond motifs is 2. The Balaban J connectivity index is 1.21. The minimum atomic E-state index is -0.606. The molecule has 3 aromatic rings. The number of halogens is 2. The number of ether oxygens (including phenoxy) is 1. The maximum Gasteiger partial charge on any atom is 0.227 e. The van der Waals surface area contributed by atoms with Crippen molar-refractivity contribution in [3.63, 3.8) is 0 Å². The second kappa shape index (κ2) is 10.1. The van der Waals surface area contributed by atoms with E-state index in [4.69, 9.17) is 4.74 Å². The Labute approximate surface area is 222 Å². The van der Waals surface area contributed by atoms with Gasteiger partial charge in [-0.15, -0.1) is 0 Å². The van der Waals surface area contributed by atoms with Gasteiger partial charge >= 0.3 is 0 Å². The zero-order valence-corrected chi connectivity index (χ0v) is 22.2. The summed E-state index contributed by atoms with van der Waals surface area (Å²) in [4.78, 5) is 15.6. The van der Waals surface area contributed by atoms with Crippen LogP contribution in [0.15, 0.2) is 36.5 Å². The van der Waals surface area contributed by atoms with Crippen LogP contribution in [0.3, 0.4) is 0 Å². The van der Waals surface area contributed by atoms with Gasteiger partial charge < -0.3 is 19.9 Å². The van der Waals surface area contributed by atoms with Crippen LogP contribution in [0.2, 0.25) is 0 Å². The zero-order chi connectivity index (χ0) is 26.4. The molecule has 0 amide bonds. The largest absolute Gasteiger partial charge is 0.486 e. The van der Waals surface area contributed by atoms with Crippen LogP contribution in [0.25, 0.3) is 11.3 Å². The van der Waals surface area contributed by atoms with Crippen LogP contribution in [-0.4, -0.2) is 72.2 Å². The first-order valence-electron chi connectivity index (χ1n) is 13.4. The number of hydrogen-bond acceptors (Lipinski definition) is 7. The highest BCUT2D eigenvalue weighted by Crippen LogP contribution is 2.39. The van der Waals surface area contributed by atoms with Crippen LogP contribution in [-0.2, 0) is 13.0 Å². The van der Waals surface area contributed by atoms with E-state index >= 15 is 0 Å². The molecule has 6 rings (SSSR count). The maximum absolute atomic E-state index is 15.0. The van der Waals surface area contributed by atoms with Gasteiger partial charge in [0.25, 0.3) is 0 Å². The Bertz CT molecular complexity index is 1340. The Hall–Kier alpha value is -3.30. The molecule has 4 heterocycles. The molecule has 9 heteroatoms. The van der Waals surface area contributed by atoms with Crippen molar-refractivity contribution in [2.75, 3.05) is 56.6 Å². The number of aromatic nitrogens is 2. The van der Waals surface area contributed by atoms with E-state index in [1.807, 2.05) is 19.9 Å². The van der Waals surface area contributed by atoms with Crippen molar-refractivity contribution in [1.29, 1.82) is 0 Å². The molecular weight excluding hydrogens is 486 g/mol. The molecule has 7 nitrogen and oxygen atoms in total. The summed E-state index contributed by atoms with van der Waals surface area (Å²) in [6.45, 7) is 10.7. The maximum atomic E-state index is 15.0. The Kier molecular flexibility index (Phi) is 6.65. The number of nitrogens with one attached hydrogen (secondary N) is 1. The monoisotopic (exact) mass is 520 g/mol. The quantitative estimate of drug-likeness (QED) is 0.506. The van der Waals surface area contributed by atoms with Gasteiger partial charge in [0.05, 0.1) is 18.4 Å². The lowest BCUT2D eigenvalue weighted by molar-refractivity contribution is 0.0855. The van der Waals surface area contributed by atoms with Crippen molar-refractivity contribution in [1.82, 2.24) is 19.8 Å². The molecule has 0 atom stereocenters. The third-order valence-corrected chi connectivity index (χ3v) is 7.76. The molecule has 200 valence electrons. The lowest BCUT2D eigenvalue weighted by atomic mass is 9.95. The summed E-state index contributed by atoms with van der Waals surface area (Å²) in [5.74, 6) is 0.114. The second-order valence-corrected chi connectivity index (χ2v) is 11.0. The van der Waals surface area contributed by atoms with Crippen LogP contribution in [0.4, 0.5) is 26.1 Å². The lowest BCUT2D eigenvalue weighted by Crippen LogP contribution is -2.49. The van der Waals surface area contributed by atoms with Crippen molar-refractivity contribution in [3.05, 3.63) is 59.3 Å². The van der Waals surface area contributed by atoms with E-state index < -0.39 is 11.6 Å². The molecule has 3 aliphatic heterocycles. The fourth-order valence-electron chi connectivity index (χ4n) is 5.89. The molecule has 0 unspecified atom stereocenters. The Morgan fingerprint density at radius 3 is 2.71 bits per heavy atom. The molecule has 0 aliphatic carbocycles. The molecule has 1 saturated heterocycles. The van der Waals surface area contributed by atoms with Gasteiger partial charge in [-0.05, 0) is 68.6 Å². The number of rotatable bonds is 6. The van der Waals surface area contributed by atoms with E-state index in [-0.39, 0.29) is 23.4 Å². The van der Waals surface area contributed by atoms with E-state index in [0.29, 0.717) is 24.4 Å². The molecule has 2 aromatic carbocycles. The fourth-order valence-corrected chi connectivity index (χ4v) is 5.89. The van der Waals surface area contributed by atoms with Crippen molar-refractivity contribution >= 4 is 17.3 Å². The second-order valence-electron chi connectivity index (χ2n) is 11.0. The highest BCUT2D eigenvalue weighted by Gasteiger charge is 2.28. The normalized spacial score (nSPS) is 18.1. The predicted molar refractivity (Wildman–Crippen MR) is 145 cm³/mol. The first kappa shape index (κ1) is 25.0. The van der Waals surface area contributed by atoms with Gasteiger partial charge in [0.1, 0.15) is 12.3 Å². The summed E-state index contributed by atoms with van der Waals surface area (Å²) in [6, 6.07) is 9.48. The molecule has 3 aliphatic rings. The molecule has 1 fully saturated rings. The van der Waals surface area contributed by atoms with E-state index in [2.05, 4.69) is 49.2 Å². The number of hydrogen-bond donors (Lipinski definition) is 1. The topological polar surface area (TPSA) is 56.8 Å². The summed E-state index contributed by atoms with van der Waals surface area (Å²) in [6.07, 6.45) is 2.12. The lowest BCUT2D eigenvalue weighted by Gasteiger charge is -2.40. The van der Waals surface area contributed by atoms with Gasteiger partial charge in [0.2, 0.25) is 5.95 Å². The summed E-state index contributed by atoms with van der Waals surface area (Å²) in [5.41, 5.74) is 4.52. The molecule has 1 N–H and O–H groups in total. The summed E-state index contributed by atoms with van der Waals surface area (Å²) in [5, 5.41) is 3.23.